The molecule has 0 saturated carbocycles. The van der Waals surface area contributed by atoms with Crippen LogP contribution in [0.25, 0.3) is 11.2 Å². The lowest BCUT2D eigenvalue weighted by Crippen LogP contribution is -2.49. The van der Waals surface area contributed by atoms with Crippen LogP contribution in [-0.4, -0.2) is 90.1 Å². The summed E-state index contributed by atoms with van der Waals surface area (Å²) >= 11 is 0. The van der Waals surface area contributed by atoms with E-state index >= 15 is 0 Å². The van der Waals surface area contributed by atoms with Gasteiger partial charge in [-0.15, -0.1) is 0 Å². The summed E-state index contributed by atoms with van der Waals surface area (Å²) in [6, 6.07) is 1.01. The minimum atomic E-state index is -1.22. The third-order valence-corrected chi connectivity index (χ3v) is 8.39. The first-order valence-corrected chi connectivity index (χ1v) is 17.9. The average Bonchev–Trinajstić information content (AvgIpc) is 3.18. The second kappa shape index (κ2) is 13.3. The quantitative estimate of drug-likeness (QED) is 0.292. The van der Waals surface area contributed by atoms with E-state index in [0.29, 0.717) is 49.0 Å². The molecule has 1 aliphatic rings. The fourth-order valence-electron chi connectivity index (χ4n) is 4.62. The highest BCUT2D eigenvalue weighted by atomic mass is 28.3. The molecule has 1 aliphatic heterocycles. The maximum absolute atomic E-state index is 13.2. The van der Waals surface area contributed by atoms with Crippen LogP contribution in [-0.2, 0) is 20.9 Å². The molecule has 2 amide bonds. The predicted molar refractivity (Wildman–Crippen MR) is 159 cm³/mol. The van der Waals surface area contributed by atoms with Gasteiger partial charge in [-0.2, -0.15) is 0 Å². The lowest BCUT2D eigenvalue weighted by atomic mass is 9.99. The summed E-state index contributed by atoms with van der Waals surface area (Å²) in [6.07, 6.45) is 4.66. The molecule has 0 radical (unpaired) electrons. The van der Waals surface area contributed by atoms with Crippen molar-refractivity contribution in [1.82, 2.24) is 24.8 Å². The zero-order chi connectivity index (χ0) is 29.7. The van der Waals surface area contributed by atoms with Gasteiger partial charge in [-0.3, -0.25) is 4.79 Å². The van der Waals surface area contributed by atoms with E-state index in [-0.39, 0.29) is 30.1 Å². The second-order valence-electron chi connectivity index (χ2n) is 13.0. The summed E-state index contributed by atoms with van der Waals surface area (Å²) in [5.74, 6) is 0.355. The van der Waals surface area contributed by atoms with Gasteiger partial charge in [0.05, 0.1) is 18.4 Å². The van der Waals surface area contributed by atoms with E-state index in [1.807, 2.05) is 39.2 Å². The first-order chi connectivity index (χ1) is 18.7. The van der Waals surface area contributed by atoms with E-state index in [4.69, 9.17) is 19.2 Å². The van der Waals surface area contributed by atoms with Crippen molar-refractivity contribution in [2.24, 2.45) is 0 Å². The maximum Gasteiger partial charge on any atom is 0.410 e. The van der Waals surface area contributed by atoms with Crippen LogP contribution in [0.1, 0.15) is 57.8 Å². The molecule has 0 unspecified atom stereocenters. The molecule has 2 aromatic heterocycles. The zero-order valence-electron chi connectivity index (χ0n) is 25.7. The van der Waals surface area contributed by atoms with Crippen LogP contribution >= 0.6 is 0 Å². The summed E-state index contributed by atoms with van der Waals surface area (Å²) in [7, 11) is 0.387. The molecule has 3 atom stereocenters. The van der Waals surface area contributed by atoms with Gasteiger partial charge in [-0.25, -0.2) is 14.8 Å². The lowest BCUT2D eigenvalue weighted by Gasteiger charge is -2.38. The van der Waals surface area contributed by atoms with Crippen LogP contribution < -0.4 is 10.6 Å². The highest BCUT2D eigenvalue weighted by Crippen LogP contribution is 2.25. The zero-order valence-corrected chi connectivity index (χ0v) is 26.7. The fraction of sp³-hybridized carbons (Fsp3) is 0.714. The Hall–Kier alpha value is -2.70. The van der Waals surface area contributed by atoms with Gasteiger partial charge in [-0.1, -0.05) is 19.6 Å². The van der Waals surface area contributed by atoms with Gasteiger partial charge >= 0.3 is 6.09 Å². The molecule has 3 heterocycles. The van der Waals surface area contributed by atoms with Crippen LogP contribution in [0.3, 0.4) is 0 Å². The molecule has 0 spiro atoms. The molecule has 0 bridgehead atoms. The molecule has 2 aromatic rings. The van der Waals surface area contributed by atoms with Crippen molar-refractivity contribution in [1.29, 1.82) is 0 Å². The minimum Gasteiger partial charge on any atom is -0.444 e. The van der Waals surface area contributed by atoms with Crippen molar-refractivity contribution in [3.05, 3.63) is 18.0 Å². The molecule has 40 heavy (non-hydrogen) atoms. The second-order valence-corrected chi connectivity index (χ2v) is 18.6. The number of ether oxygens (including phenoxy) is 3. The largest absolute Gasteiger partial charge is 0.444 e. The Morgan fingerprint density at radius 1 is 1.25 bits per heavy atom. The lowest BCUT2D eigenvalue weighted by molar-refractivity contribution is 0.0112. The van der Waals surface area contributed by atoms with Crippen LogP contribution in [0.4, 0.5) is 10.6 Å². The number of nitrogens with zero attached hydrogens (tertiary/aromatic N) is 4. The summed E-state index contributed by atoms with van der Waals surface area (Å²) in [5, 5.41) is 6.45. The van der Waals surface area contributed by atoms with E-state index < -0.39 is 13.7 Å². The molecule has 0 aromatic carbocycles. The number of rotatable bonds is 11. The number of carbonyl (C=O) groups is 2. The number of amides is 2. The minimum absolute atomic E-state index is 0.00999. The number of nitrogens with one attached hydrogen (secondary N) is 2. The van der Waals surface area contributed by atoms with Crippen LogP contribution in [0.5, 0.6) is 0 Å². The van der Waals surface area contributed by atoms with E-state index in [9.17, 15) is 9.59 Å². The molecule has 1 saturated heterocycles. The van der Waals surface area contributed by atoms with Crippen molar-refractivity contribution in [3.63, 3.8) is 0 Å². The van der Waals surface area contributed by atoms with Gasteiger partial charge in [0.1, 0.15) is 23.7 Å². The first kappa shape index (κ1) is 31.8. The van der Waals surface area contributed by atoms with Crippen molar-refractivity contribution in [3.8, 4) is 0 Å². The molecule has 0 aliphatic carbocycles. The van der Waals surface area contributed by atoms with Crippen molar-refractivity contribution < 1.29 is 23.8 Å². The number of fused-ring (bicyclic) bond motifs is 1. The van der Waals surface area contributed by atoms with Gasteiger partial charge < -0.3 is 34.3 Å². The van der Waals surface area contributed by atoms with Gasteiger partial charge in [-0.05, 0) is 53.5 Å². The van der Waals surface area contributed by atoms with E-state index in [0.717, 1.165) is 18.9 Å². The number of hydrogen-bond donors (Lipinski definition) is 2. The molecule has 2 N–H and O–H groups in total. The van der Waals surface area contributed by atoms with Crippen LogP contribution in [0.15, 0.2) is 12.4 Å². The summed E-state index contributed by atoms with van der Waals surface area (Å²) in [6.45, 7) is 18.4. The number of carbonyl (C=O) groups excluding carboxylic acids is 2. The number of aromatic nitrogens is 3. The van der Waals surface area contributed by atoms with Gasteiger partial charge in [0.25, 0.3) is 5.91 Å². The van der Waals surface area contributed by atoms with Gasteiger partial charge in [0, 0.05) is 52.7 Å². The predicted octanol–water partition coefficient (Wildman–Crippen LogP) is 4.71. The normalized spacial score (nSPS) is 19.0. The van der Waals surface area contributed by atoms with E-state index in [1.165, 1.54) is 0 Å². The number of piperidine rings is 1. The van der Waals surface area contributed by atoms with E-state index in [2.05, 4.69) is 35.3 Å². The van der Waals surface area contributed by atoms with Gasteiger partial charge in [0.2, 0.25) is 0 Å². The molecular formula is C28H48N6O5Si. The molecular weight excluding hydrogens is 528 g/mol. The highest BCUT2D eigenvalue weighted by molar-refractivity contribution is 6.76. The third-order valence-electron chi connectivity index (χ3n) is 6.69. The average molecular weight is 577 g/mol. The number of anilines is 1. The van der Waals surface area contributed by atoms with Crippen molar-refractivity contribution in [2.45, 2.75) is 104 Å². The molecule has 1 fully saturated rings. The van der Waals surface area contributed by atoms with Crippen molar-refractivity contribution >= 4 is 37.1 Å². The number of methoxy groups -OCH3 is 1. The molecule has 11 nitrogen and oxygen atoms in total. The Kier molecular flexibility index (Phi) is 10.6. The van der Waals surface area contributed by atoms with Crippen molar-refractivity contribution in [2.75, 3.05) is 32.2 Å². The maximum atomic E-state index is 13.2. The molecule has 3 rings (SSSR count). The summed E-state index contributed by atoms with van der Waals surface area (Å²) in [4.78, 5) is 37.1. The molecule has 224 valence electrons. The Labute approximate surface area is 239 Å². The highest BCUT2D eigenvalue weighted by Gasteiger charge is 2.32. The topological polar surface area (TPSA) is 120 Å². The summed E-state index contributed by atoms with van der Waals surface area (Å²) < 4.78 is 18.5. The third kappa shape index (κ3) is 9.17. The number of likely N-dealkylation sites (tertiary alicyclic amines) is 1. The standard InChI is InChI=1S/C28H48N6O5Si/c1-19(17-37-6)30-26(35)22-16-33(18-38-12-13-40(7,8)9)25-24(22)32-23(15-29-25)31-21-10-11-34(20(2)14-21)27(36)39-28(3,4)5/h15-16,19-21H,10-14,17-18H2,1-9H3,(H,30,35)(H,31,32)/t19-,20-,21-/m1/s1. The SMILES string of the molecule is COC[C@@H](C)NC(=O)c1cn(COCC[Si](C)(C)C)c2ncc(N[C@@H]3CCN(C(=O)OC(C)(C)C)[C@H](C)C3)nc12. The Morgan fingerprint density at radius 2 is 1.98 bits per heavy atom. The van der Waals surface area contributed by atoms with Crippen LogP contribution in [0, 0.1) is 0 Å². The van der Waals surface area contributed by atoms with Gasteiger partial charge in [0.15, 0.2) is 5.65 Å². The first-order valence-electron chi connectivity index (χ1n) is 14.2. The summed E-state index contributed by atoms with van der Waals surface area (Å²) in [5.41, 5.74) is 1.02. The Morgan fingerprint density at radius 3 is 2.60 bits per heavy atom. The fourth-order valence-corrected chi connectivity index (χ4v) is 5.38. The Balaban J connectivity index is 1.76. The smallest absolute Gasteiger partial charge is 0.410 e. The van der Waals surface area contributed by atoms with E-state index in [1.54, 1.807) is 24.4 Å². The monoisotopic (exact) mass is 576 g/mol. The van der Waals surface area contributed by atoms with Crippen LogP contribution in [0.2, 0.25) is 25.7 Å². The molecule has 12 heteroatoms. The number of hydrogen-bond acceptors (Lipinski definition) is 8. The Bertz CT molecular complexity index is 1160.